The molecule has 158 valence electrons. The van der Waals surface area contributed by atoms with E-state index in [1.807, 2.05) is 23.1 Å². The molecule has 0 saturated heterocycles. The van der Waals surface area contributed by atoms with E-state index in [2.05, 4.69) is 39.0 Å². The number of hydrogen-bond donors (Lipinski definition) is 0. The lowest BCUT2D eigenvalue weighted by Crippen LogP contribution is -2.31. The van der Waals surface area contributed by atoms with Crippen molar-refractivity contribution in [2.24, 2.45) is 10.9 Å². The fourth-order valence-corrected chi connectivity index (χ4v) is 4.99. The van der Waals surface area contributed by atoms with E-state index < -0.39 is 0 Å². The van der Waals surface area contributed by atoms with E-state index in [-0.39, 0.29) is 11.9 Å². The average Bonchev–Trinajstić information content (AvgIpc) is 3.23. The lowest BCUT2D eigenvalue weighted by Gasteiger charge is -2.29. The molecule has 30 heavy (non-hydrogen) atoms. The van der Waals surface area contributed by atoms with Gasteiger partial charge in [-0.05, 0) is 61.8 Å². The van der Waals surface area contributed by atoms with Gasteiger partial charge < -0.3 is 9.64 Å². The van der Waals surface area contributed by atoms with Crippen LogP contribution in [-0.2, 0) is 4.79 Å². The summed E-state index contributed by atoms with van der Waals surface area (Å²) in [5.41, 5.74) is 7.42. The number of rotatable bonds is 4. The Morgan fingerprint density at radius 3 is 2.97 bits per heavy atom. The number of benzene rings is 1. The van der Waals surface area contributed by atoms with Crippen LogP contribution in [0.5, 0.6) is 5.75 Å². The molecule has 1 fully saturated rings. The summed E-state index contributed by atoms with van der Waals surface area (Å²) in [6.07, 6.45) is 11.1. The van der Waals surface area contributed by atoms with E-state index in [0.717, 1.165) is 35.4 Å². The maximum atomic E-state index is 13.1. The molecule has 1 aliphatic carbocycles. The minimum atomic E-state index is -0.0322. The van der Waals surface area contributed by atoms with Gasteiger partial charge in [0.2, 0.25) is 5.91 Å². The number of fused-ring (bicyclic) bond motifs is 1. The second kappa shape index (κ2) is 8.63. The highest BCUT2D eigenvalue weighted by molar-refractivity contribution is 6.04. The molecular formula is C26H32N2O2. The van der Waals surface area contributed by atoms with Gasteiger partial charge in [-0.1, -0.05) is 42.9 Å². The molecule has 4 heteroatoms. The van der Waals surface area contributed by atoms with Crippen LogP contribution in [0.2, 0.25) is 0 Å². The Hall–Kier alpha value is -2.62. The van der Waals surface area contributed by atoms with E-state index in [4.69, 9.17) is 9.73 Å². The number of carbonyl (C=O) groups excluding carboxylic acids is 1. The lowest BCUT2D eigenvalue weighted by atomic mass is 9.80. The van der Waals surface area contributed by atoms with E-state index >= 15 is 0 Å². The largest absolute Gasteiger partial charge is 0.496 e. The predicted octanol–water partition coefficient (Wildman–Crippen LogP) is 5.70. The van der Waals surface area contributed by atoms with Gasteiger partial charge in [-0.3, -0.25) is 9.79 Å². The monoisotopic (exact) mass is 404 g/mol. The van der Waals surface area contributed by atoms with Crippen LogP contribution in [0.4, 0.5) is 0 Å². The zero-order chi connectivity index (χ0) is 21.3. The molecule has 1 aromatic carbocycles. The standard InChI is InChI=1S/C26H32N2O2/c1-17-8-5-9-21-18(2)16-20(27-26(17)21)13-14-25(29)28-15-7-11-23(28)22-10-6-12-24(30-4)19(22)3/h6-7,10-13,17,23H,5,8-9,14-16H2,1-4H3/t17-,23-/m0/s1. The first-order valence-electron chi connectivity index (χ1n) is 11.1. The van der Waals surface area contributed by atoms with Crippen molar-refractivity contribution in [3.05, 3.63) is 64.4 Å². The van der Waals surface area contributed by atoms with Crippen LogP contribution in [0.25, 0.3) is 0 Å². The summed E-state index contributed by atoms with van der Waals surface area (Å²) in [5, 5.41) is 0. The van der Waals surface area contributed by atoms with Crippen molar-refractivity contribution in [2.45, 2.75) is 58.9 Å². The Labute approximate surface area is 180 Å². The lowest BCUT2D eigenvalue weighted by molar-refractivity contribution is -0.130. The molecule has 0 radical (unpaired) electrons. The molecule has 0 unspecified atom stereocenters. The Bertz CT molecular complexity index is 967. The molecule has 1 saturated carbocycles. The Balaban J connectivity index is 1.50. The van der Waals surface area contributed by atoms with Crippen LogP contribution in [0.15, 0.2) is 58.3 Å². The second-order valence-corrected chi connectivity index (χ2v) is 8.72. The van der Waals surface area contributed by atoms with Crippen LogP contribution < -0.4 is 4.74 Å². The third kappa shape index (κ3) is 3.88. The number of aliphatic imine (C=N–C) groups is 1. The molecule has 2 atom stereocenters. The van der Waals surface area contributed by atoms with Gasteiger partial charge in [0.05, 0.1) is 13.2 Å². The van der Waals surface area contributed by atoms with E-state index in [1.54, 1.807) is 7.11 Å². The van der Waals surface area contributed by atoms with Crippen molar-refractivity contribution in [1.29, 1.82) is 0 Å². The molecule has 4 rings (SSSR count). The molecule has 0 bridgehead atoms. The summed E-state index contributed by atoms with van der Waals surface area (Å²) in [6, 6.07) is 6.01. The number of ether oxygens (including phenoxy) is 1. The molecule has 1 amide bonds. The number of nitrogens with zero attached hydrogens (tertiary/aromatic N) is 2. The van der Waals surface area contributed by atoms with Gasteiger partial charge in [-0.2, -0.15) is 0 Å². The van der Waals surface area contributed by atoms with E-state index in [0.29, 0.717) is 18.9 Å². The summed E-state index contributed by atoms with van der Waals surface area (Å²) in [7, 11) is 1.69. The van der Waals surface area contributed by atoms with Gasteiger partial charge in [0.25, 0.3) is 0 Å². The molecular weight excluding hydrogens is 372 g/mol. The van der Waals surface area contributed by atoms with Crippen molar-refractivity contribution in [3.8, 4) is 5.75 Å². The highest BCUT2D eigenvalue weighted by atomic mass is 16.5. The Morgan fingerprint density at radius 1 is 1.33 bits per heavy atom. The third-order valence-corrected chi connectivity index (χ3v) is 6.72. The topological polar surface area (TPSA) is 41.9 Å². The summed E-state index contributed by atoms with van der Waals surface area (Å²) in [5.74, 6) is 1.52. The molecule has 3 aliphatic rings. The minimum Gasteiger partial charge on any atom is -0.496 e. The first-order chi connectivity index (χ1) is 14.5. The Kier molecular flexibility index (Phi) is 5.94. The maximum Gasteiger partial charge on any atom is 0.227 e. The summed E-state index contributed by atoms with van der Waals surface area (Å²) in [6.45, 7) is 7.21. The van der Waals surface area contributed by atoms with Gasteiger partial charge in [0.15, 0.2) is 0 Å². The molecule has 1 aromatic rings. The van der Waals surface area contributed by atoms with Crippen LogP contribution in [0, 0.1) is 12.8 Å². The number of amides is 1. The number of allylic oxidation sites excluding steroid dienone is 2. The number of hydrogen-bond acceptors (Lipinski definition) is 3. The third-order valence-electron chi connectivity index (χ3n) is 6.72. The van der Waals surface area contributed by atoms with Crippen molar-refractivity contribution >= 4 is 11.6 Å². The molecule has 0 N–H and O–H groups in total. The minimum absolute atomic E-state index is 0.0322. The number of carbonyl (C=O) groups is 1. The quantitative estimate of drug-likeness (QED) is 0.604. The van der Waals surface area contributed by atoms with Gasteiger partial charge in [-0.25, -0.2) is 0 Å². The molecule has 4 nitrogen and oxygen atoms in total. The summed E-state index contributed by atoms with van der Waals surface area (Å²) < 4.78 is 5.47. The van der Waals surface area contributed by atoms with Crippen molar-refractivity contribution in [3.63, 3.8) is 0 Å². The average molecular weight is 405 g/mol. The zero-order valence-electron chi connectivity index (χ0n) is 18.6. The van der Waals surface area contributed by atoms with Crippen LogP contribution >= 0.6 is 0 Å². The van der Waals surface area contributed by atoms with Crippen LogP contribution in [-0.4, -0.2) is 30.2 Å². The van der Waals surface area contributed by atoms with Crippen LogP contribution in [0.1, 0.15) is 63.1 Å². The van der Waals surface area contributed by atoms with Gasteiger partial charge >= 0.3 is 0 Å². The Morgan fingerprint density at radius 2 is 2.17 bits per heavy atom. The number of methoxy groups -OCH3 is 1. The van der Waals surface area contributed by atoms with Crippen molar-refractivity contribution in [1.82, 2.24) is 4.90 Å². The van der Waals surface area contributed by atoms with Gasteiger partial charge in [0, 0.05) is 30.8 Å². The molecule has 0 spiro atoms. The second-order valence-electron chi connectivity index (χ2n) is 8.72. The molecule has 2 aliphatic heterocycles. The fraction of sp³-hybridized carbons (Fsp3) is 0.462. The van der Waals surface area contributed by atoms with E-state index in [9.17, 15) is 4.79 Å². The highest BCUT2D eigenvalue weighted by Gasteiger charge is 2.28. The normalized spacial score (nSPS) is 24.9. The maximum absolute atomic E-state index is 13.1. The van der Waals surface area contributed by atoms with Crippen molar-refractivity contribution in [2.75, 3.05) is 13.7 Å². The fourth-order valence-electron chi connectivity index (χ4n) is 4.99. The van der Waals surface area contributed by atoms with Crippen LogP contribution in [0.3, 0.4) is 0 Å². The SMILES string of the molecule is COc1cccc([C@@H]2C=CCN2C(=O)CC=C2CC(C)=C3CCC[C@H](C)C3=N2)c1C. The highest BCUT2D eigenvalue weighted by Crippen LogP contribution is 2.36. The predicted molar refractivity (Wildman–Crippen MR) is 122 cm³/mol. The first kappa shape index (κ1) is 20.6. The summed E-state index contributed by atoms with van der Waals surface area (Å²) >= 11 is 0. The van der Waals surface area contributed by atoms with E-state index in [1.165, 1.54) is 29.7 Å². The van der Waals surface area contributed by atoms with Gasteiger partial charge in [0.1, 0.15) is 5.75 Å². The zero-order valence-corrected chi connectivity index (χ0v) is 18.6. The van der Waals surface area contributed by atoms with Crippen molar-refractivity contribution < 1.29 is 9.53 Å². The summed E-state index contributed by atoms with van der Waals surface area (Å²) in [4.78, 5) is 20.0. The molecule has 2 heterocycles. The van der Waals surface area contributed by atoms with Gasteiger partial charge in [-0.15, -0.1) is 0 Å². The first-order valence-corrected chi connectivity index (χ1v) is 11.1. The molecule has 0 aromatic heterocycles. The smallest absolute Gasteiger partial charge is 0.227 e. The number of dihydropyridines is 1.